The van der Waals surface area contributed by atoms with Gasteiger partial charge in [-0.3, -0.25) is 0 Å². The predicted octanol–water partition coefficient (Wildman–Crippen LogP) is 0.438. The predicted molar refractivity (Wildman–Crippen MR) is 71.8 cm³/mol. The summed E-state index contributed by atoms with van der Waals surface area (Å²) in [5.74, 6) is 0.852. The molecule has 0 amide bonds. The minimum Gasteiger partial charge on any atom is -0.353 e. The van der Waals surface area contributed by atoms with E-state index < -0.39 is 0 Å². The van der Waals surface area contributed by atoms with Crippen LogP contribution in [0.1, 0.15) is 6.42 Å². The largest absolute Gasteiger partial charge is 0.353 e. The van der Waals surface area contributed by atoms with Crippen LogP contribution in [0.3, 0.4) is 0 Å². The first-order valence-electron chi connectivity index (χ1n) is 6.28. The lowest BCUT2D eigenvalue weighted by Gasteiger charge is -2.17. The number of hydrogen-bond acceptors (Lipinski definition) is 6. The molecule has 0 radical (unpaired) electrons. The maximum absolute atomic E-state index is 5.98. The van der Waals surface area contributed by atoms with Gasteiger partial charge in [-0.15, -0.1) is 15.3 Å². The zero-order valence-corrected chi connectivity index (χ0v) is 10.2. The van der Waals surface area contributed by atoms with Crippen LogP contribution >= 0.6 is 0 Å². The van der Waals surface area contributed by atoms with Crippen LogP contribution in [0.2, 0.25) is 0 Å². The van der Waals surface area contributed by atoms with E-state index in [0.717, 1.165) is 47.3 Å². The molecule has 1 aliphatic rings. The lowest BCUT2D eigenvalue weighted by atomic mass is 10.2. The summed E-state index contributed by atoms with van der Waals surface area (Å²) in [6.45, 7) is 1.71. The lowest BCUT2D eigenvalue weighted by molar-refractivity contribution is 0.751. The van der Waals surface area contributed by atoms with Gasteiger partial charge in [0.2, 0.25) is 0 Å². The van der Waals surface area contributed by atoms with Crippen LogP contribution in [0.4, 0.5) is 5.82 Å². The minimum atomic E-state index is 0.202. The molecule has 3 aromatic rings. The Morgan fingerprint density at radius 3 is 3.11 bits per heavy atom. The summed E-state index contributed by atoms with van der Waals surface area (Å²) < 4.78 is 0. The topological polar surface area (TPSA) is 96.6 Å². The average molecular weight is 255 g/mol. The third kappa shape index (κ3) is 1.55. The molecule has 1 atom stereocenters. The normalized spacial score (nSPS) is 19.6. The van der Waals surface area contributed by atoms with Crippen molar-refractivity contribution < 1.29 is 0 Å². The van der Waals surface area contributed by atoms with Crippen LogP contribution in [0, 0.1) is 0 Å². The molecule has 19 heavy (non-hydrogen) atoms. The Hall–Kier alpha value is -2.28. The molecule has 7 heteroatoms. The number of nitrogens with two attached hydrogens (primary N) is 1. The maximum Gasteiger partial charge on any atom is 0.161 e. The molecule has 3 aromatic heterocycles. The standard InChI is InChI=1S/C12H13N7/c13-7-2-4-19(6-7)12-10-8-1-3-14-11(8)17-16-9(10)5-15-18-12/h1,3,5,7H,2,4,6,13H2,(H,14,17). The maximum atomic E-state index is 5.98. The van der Waals surface area contributed by atoms with Gasteiger partial charge in [-0.1, -0.05) is 0 Å². The van der Waals surface area contributed by atoms with Gasteiger partial charge in [0.05, 0.1) is 11.6 Å². The van der Waals surface area contributed by atoms with Gasteiger partial charge in [-0.05, 0) is 12.5 Å². The summed E-state index contributed by atoms with van der Waals surface area (Å²) in [6.07, 6.45) is 4.49. The van der Waals surface area contributed by atoms with E-state index in [2.05, 4.69) is 30.3 Å². The third-order valence-electron chi connectivity index (χ3n) is 3.59. The molecule has 1 fully saturated rings. The minimum absolute atomic E-state index is 0.202. The van der Waals surface area contributed by atoms with Gasteiger partial charge < -0.3 is 15.6 Å². The summed E-state index contributed by atoms with van der Waals surface area (Å²) in [4.78, 5) is 5.25. The molecule has 0 bridgehead atoms. The average Bonchev–Trinajstić information content (AvgIpc) is 3.06. The summed E-state index contributed by atoms with van der Waals surface area (Å²) in [5.41, 5.74) is 7.51. The molecule has 1 aliphatic heterocycles. The molecule has 1 unspecified atom stereocenters. The molecule has 3 N–H and O–H groups in total. The highest BCUT2D eigenvalue weighted by atomic mass is 15.3. The van der Waals surface area contributed by atoms with Gasteiger partial charge >= 0.3 is 0 Å². The molecule has 96 valence electrons. The first-order valence-corrected chi connectivity index (χ1v) is 6.28. The van der Waals surface area contributed by atoms with Crippen LogP contribution in [0.5, 0.6) is 0 Å². The molecular weight excluding hydrogens is 242 g/mol. The van der Waals surface area contributed by atoms with Gasteiger partial charge in [-0.25, -0.2) is 0 Å². The molecule has 0 aliphatic carbocycles. The van der Waals surface area contributed by atoms with Crippen LogP contribution in [0.15, 0.2) is 18.5 Å². The fraction of sp³-hybridized carbons (Fsp3) is 0.333. The van der Waals surface area contributed by atoms with Crippen LogP contribution in [-0.4, -0.2) is 44.5 Å². The van der Waals surface area contributed by atoms with Crippen molar-refractivity contribution in [3.63, 3.8) is 0 Å². The Morgan fingerprint density at radius 1 is 1.32 bits per heavy atom. The van der Waals surface area contributed by atoms with E-state index >= 15 is 0 Å². The number of H-pyrrole nitrogens is 1. The zero-order valence-electron chi connectivity index (χ0n) is 10.2. The summed E-state index contributed by atoms with van der Waals surface area (Å²) in [5, 5.41) is 18.7. The van der Waals surface area contributed by atoms with E-state index in [1.165, 1.54) is 0 Å². The highest BCUT2D eigenvalue weighted by Crippen LogP contribution is 2.30. The van der Waals surface area contributed by atoms with Gasteiger partial charge in [0, 0.05) is 30.7 Å². The molecule has 4 rings (SSSR count). The number of nitrogens with one attached hydrogen (secondary N) is 1. The fourth-order valence-electron chi connectivity index (χ4n) is 2.65. The van der Waals surface area contributed by atoms with Crippen LogP contribution in [0.25, 0.3) is 21.9 Å². The number of aromatic amines is 1. The molecule has 7 nitrogen and oxygen atoms in total. The van der Waals surface area contributed by atoms with Crippen LogP contribution < -0.4 is 10.6 Å². The van der Waals surface area contributed by atoms with Crippen molar-refractivity contribution in [2.45, 2.75) is 12.5 Å². The Bertz CT molecular complexity index is 750. The number of fused-ring (bicyclic) bond motifs is 3. The Balaban J connectivity index is 2.01. The summed E-state index contributed by atoms with van der Waals surface area (Å²) >= 11 is 0. The second kappa shape index (κ2) is 3.86. The Kier molecular flexibility index (Phi) is 2.16. The van der Waals surface area contributed by atoms with Gasteiger partial charge in [-0.2, -0.15) is 5.10 Å². The van der Waals surface area contributed by atoms with E-state index in [0.29, 0.717) is 0 Å². The van der Waals surface area contributed by atoms with E-state index in [-0.39, 0.29) is 6.04 Å². The van der Waals surface area contributed by atoms with Crippen molar-refractivity contribution in [3.05, 3.63) is 18.5 Å². The van der Waals surface area contributed by atoms with E-state index in [4.69, 9.17) is 5.73 Å². The second-order valence-electron chi connectivity index (χ2n) is 4.86. The van der Waals surface area contributed by atoms with Crippen molar-refractivity contribution in [2.24, 2.45) is 5.73 Å². The molecule has 0 aromatic carbocycles. The molecule has 0 saturated carbocycles. The zero-order chi connectivity index (χ0) is 12.8. The molecule has 1 saturated heterocycles. The first-order chi connectivity index (χ1) is 9.33. The SMILES string of the molecule is NC1CCN(c2nncc3nnc4[nH]ccc4c23)C1. The van der Waals surface area contributed by atoms with E-state index in [1.54, 1.807) is 6.20 Å². The van der Waals surface area contributed by atoms with E-state index in [1.807, 2.05) is 12.3 Å². The smallest absolute Gasteiger partial charge is 0.161 e. The second-order valence-corrected chi connectivity index (χ2v) is 4.86. The van der Waals surface area contributed by atoms with Gasteiger partial charge in [0.1, 0.15) is 5.52 Å². The van der Waals surface area contributed by atoms with Crippen molar-refractivity contribution >= 4 is 27.8 Å². The van der Waals surface area contributed by atoms with Crippen molar-refractivity contribution in [1.29, 1.82) is 0 Å². The summed E-state index contributed by atoms with van der Waals surface area (Å²) in [6, 6.07) is 2.20. The van der Waals surface area contributed by atoms with Gasteiger partial charge in [0.25, 0.3) is 0 Å². The number of nitrogens with zero attached hydrogens (tertiary/aromatic N) is 5. The number of anilines is 1. The Labute approximate surface area is 108 Å². The highest BCUT2D eigenvalue weighted by Gasteiger charge is 2.23. The molecule has 4 heterocycles. The van der Waals surface area contributed by atoms with Crippen molar-refractivity contribution in [1.82, 2.24) is 25.4 Å². The monoisotopic (exact) mass is 255 g/mol. The summed E-state index contributed by atoms with van der Waals surface area (Å²) in [7, 11) is 0. The van der Waals surface area contributed by atoms with Crippen molar-refractivity contribution in [3.8, 4) is 0 Å². The third-order valence-corrected chi connectivity index (χ3v) is 3.59. The number of hydrogen-bond donors (Lipinski definition) is 2. The fourth-order valence-corrected chi connectivity index (χ4v) is 2.65. The van der Waals surface area contributed by atoms with E-state index in [9.17, 15) is 0 Å². The van der Waals surface area contributed by atoms with Gasteiger partial charge in [0.15, 0.2) is 11.5 Å². The Morgan fingerprint density at radius 2 is 2.26 bits per heavy atom. The lowest BCUT2D eigenvalue weighted by Crippen LogP contribution is -2.27. The quantitative estimate of drug-likeness (QED) is 0.655. The first kappa shape index (κ1) is 10.6. The molecule has 0 spiro atoms. The highest BCUT2D eigenvalue weighted by molar-refractivity contribution is 6.08. The van der Waals surface area contributed by atoms with Crippen LogP contribution in [-0.2, 0) is 0 Å². The number of rotatable bonds is 1. The van der Waals surface area contributed by atoms with Crippen molar-refractivity contribution in [2.75, 3.05) is 18.0 Å². The molecular formula is C12H13N7. The number of aromatic nitrogens is 5.